The summed E-state index contributed by atoms with van der Waals surface area (Å²) in [5.74, 6) is 0.644. The second kappa shape index (κ2) is 9.90. The van der Waals surface area contributed by atoms with Gasteiger partial charge in [-0.25, -0.2) is 0 Å². The van der Waals surface area contributed by atoms with Crippen LogP contribution in [-0.2, 0) is 4.74 Å². The molecule has 0 aliphatic rings. The van der Waals surface area contributed by atoms with E-state index in [1.807, 2.05) is 0 Å². The van der Waals surface area contributed by atoms with Crippen LogP contribution in [0.5, 0.6) is 0 Å². The van der Waals surface area contributed by atoms with Gasteiger partial charge in [0.05, 0.1) is 0 Å². The van der Waals surface area contributed by atoms with E-state index >= 15 is 0 Å². The second-order valence-electron chi connectivity index (χ2n) is 5.60. The van der Waals surface area contributed by atoms with E-state index in [0.717, 1.165) is 26.3 Å². The minimum atomic E-state index is 0.437. The molecule has 0 heterocycles. The lowest BCUT2D eigenvalue weighted by Gasteiger charge is -2.32. The van der Waals surface area contributed by atoms with Crippen molar-refractivity contribution >= 4 is 0 Å². The van der Waals surface area contributed by atoms with Gasteiger partial charge in [-0.1, -0.05) is 34.6 Å². The molecule has 0 aliphatic carbocycles. The average molecular weight is 243 g/mol. The fraction of sp³-hybridized carbons (Fsp3) is 1.00. The van der Waals surface area contributed by atoms with Crippen LogP contribution in [0.1, 0.15) is 60.3 Å². The molecule has 2 heteroatoms. The van der Waals surface area contributed by atoms with Crippen molar-refractivity contribution in [2.24, 2.45) is 11.3 Å². The van der Waals surface area contributed by atoms with Gasteiger partial charge >= 0.3 is 0 Å². The van der Waals surface area contributed by atoms with Crippen LogP contribution in [0.25, 0.3) is 0 Å². The molecule has 0 atom stereocenters. The molecule has 0 fully saturated rings. The Hall–Kier alpha value is -0.0800. The third kappa shape index (κ3) is 7.77. The minimum absolute atomic E-state index is 0.437. The van der Waals surface area contributed by atoms with Gasteiger partial charge in [0.25, 0.3) is 0 Å². The van der Waals surface area contributed by atoms with Crippen LogP contribution in [0.3, 0.4) is 0 Å². The van der Waals surface area contributed by atoms with E-state index in [0.29, 0.717) is 11.3 Å². The molecule has 0 saturated carbocycles. The fourth-order valence-electron chi connectivity index (χ4n) is 2.08. The van der Waals surface area contributed by atoms with Crippen LogP contribution in [0.2, 0.25) is 0 Å². The number of hydrogen-bond acceptors (Lipinski definition) is 2. The standard InChI is InChI=1S/C15H33NO/c1-6-10-16-13-15(7-2,8-3)9-11-17-12-14(4)5/h14,16H,6-13H2,1-5H3. The Labute approximate surface area is 109 Å². The zero-order valence-electron chi connectivity index (χ0n) is 12.6. The SMILES string of the molecule is CCCNCC(CC)(CC)CCOCC(C)C. The van der Waals surface area contributed by atoms with Gasteiger partial charge in [0.1, 0.15) is 0 Å². The average Bonchev–Trinajstić information content (AvgIpc) is 2.32. The van der Waals surface area contributed by atoms with E-state index in [-0.39, 0.29) is 0 Å². The van der Waals surface area contributed by atoms with E-state index in [1.54, 1.807) is 0 Å². The van der Waals surface area contributed by atoms with Gasteiger partial charge in [-0.05, 0) is 43.6 Å². The largest absolute Gasteiger partial charge is 0.381 e. The third-order valence-corrected chi connectivity index (χ3v) is 3.65. The van der Waals surface area contributed by atoms with E-state index in [9.17, 15) is 0 Å². The van der Waals surface area contributed by atoms with Crippen molar-refractivity contribution in [3.05, 3.63) is 0 Å². The van der Waals surface area contributed by atoms with E-state index in [1.165, 1.54) is 25.7 Å². The predicted octanol–water partition coefficient (Wildman–Crippen LogP) is 3.86. The maximum Gasteiger partial charge on any atom is 0.0488 e. The first kappa shape index (κ1) is 16.9. The predicted molar refractivity (Wildman–Crippen MR) is 76.4 cm³/mol. The van der Waals surface area contributed by atoms with Gasteiger partial charge in [0, 0.05) is 19.8 Å². The monoisotopic (exact) mass is 243 g/mol. The van der Waals surface area contributed by atoms with Gasteiger partial charge in [0.15, 0.2) is 0 Å². The van der Waals surface area contributed by atoms with Crippen molar-refractivity contribution in [3.8, 4) is 0 Å². The Balaban J connectivity index is 3.93. The number of rotatable bonds is 11. The van der Waals surface area contributed by atoms with Crippen molar-refractivity contribution in [1.82, 2.24) is 5.32 Å². The van der Waals surface area contributed by atoms with Gasteiger partial charge in [-0.3, -0.25) is 0 Å². The van der Waals surface area contributed by atoms with Crippen molar-refractivity contribution < 1.29 is 4.74 Å². The highest BCUT2D eigenvalue weighted by Crippen LogP contribution is 2.29. The van der Waals surface area contributed by atoms with Gasteiger partial charge in [0.2, 0.25) is 0 Å². The van der Waals surface area contributed by atoms with Crippen LogP contribution >= 0.6 is 0 Å². The molecule has 0 unspecified atom stereocenters. The Morgan fingerprint density at radius 1 is 1.12 bits per heavy atom. The first-order valence-electron chi connectivity index (χ1n) is 7.38. The summed E-state index contributed by atoms with van der Waals surface area (Å²) in [4.78, 5) is 0. The van der Waals surface area contributed by atoms with Crippen LogP contribution in [0.15, 0.2) is 0 Å². The summed E-state index contributed by atoms with van der Waals surface area (Å²) in [6, 6.07) is 0. The number of nitrogens with one attached hydrogen (secondary N) is 1. The normalized spacial score (nSPS) is 12.4. The lowest BCUT2D eigenvalue weighted by molar-refractivity contribution is 0.0722. The molecule has 1 N–H and O–H groups in total. The lowest BCUT2D eigenvalue weighted by atomic mass is 9.79. The van der Waals surface area contributed by atoms with Crippen LogP contribution in [-0.4, -0.2) is 26.3 Å². The molecule has 0 saturated heterocycles. The Kier molecular flexibility index (Phi) is 9.85. The maximum atomic E-state index is 5.73. The molecule has 0 radical (unpaired) electrons. The molecule has 0 spiro atoms. The van der Waals surface area contributed by atoms with Crippen LogP contribution in [0.4, 0.5) is 0 Å². The summed E-state index contributed by atoms with van der Waals surface area (Å²) in [5.41, 5.74) is 0.437. The fourth-order valence-corrected chi connectivity index (χ4v) is 2.08. The molecule has 0 bridgehead atoms. The van der Waals surface area contributed by atoms with Crippen molar-refractivity contribution in [3.63, 3.8) is 0 Å². The van der Waals surface area contributed by atoms with Gasteiger partial charge < -0.3 is 10.1 Å². The second-order valence-corrected chi connectivity index (χ2v) is 5.60. The molecule has 0 aromatic heterocycles. The third-order valence-electron chi connectivity index (χ3n) is 3.65. The molecular weight excluding hydrogens is 210 g/mol. The van der Waals surface area contributed by atoms with E-state index in [2.05, 4.69) is 39.9 Å². The van der Waals surface area contributed by atoms with E-state index < -0.39 is 0 Å². The van der Waals surface area contributed by atoms with Crippen LogP contribution < -0.4 is 5.32 Å². The Morgan fingerprint density at radius 2 is 1.76 bits per heavy atom. The lowest BCUT2D eigenvalue weighted by Crippen LogP contribution is -2.35. The quantitative estimate of drug-likeness (QED) is 0.556. The highest BCUT2D eigenvalue weighted by molar-refractivity contribution is 4.79. The highest BCUT2D eigenvalue weighted by Gasteiger charge is 2.25. The number of ether oxygens (including phenoxy) is 1. The summed E-state index contributed by atoms with van der Waals surface area (Å²) in [7, 11) is 0. The molecule has 0 amide bonds. The van der Waals surface area contributed by atoms with Gasteiger partial charge in [-0.15, -0.1) is 0 Å². The molecule has 17 heavy (non-hydrogen) atoms. The molecular formula is C15H33NO. The van der Waals surface area contributed by atoms with Crippen molar-refractivity contribution in [2.75, 3.05) is 26.3 Å². The topological polar surface area (TPSA) is 21.3 Å². The molecule has 0 aromatic carbocycles. The first-order valence-corrected chi connectivity index (χ1v) is 7.38. The van der Waals surface area contributed by atoms with E-state index in [4.69, 9.17) is 4.74 Å². The molecule has 0 rings (SSSR count). The summed E-state index contributed by atoms with van der Waals surface area (Å²) < 4.78 is 5.73. The maximum absolute atomic E-state index is 5.73. The summed E-state index contributed by atoms with van der Waals surface area (Å²) in [6.07, 6.45) is 4.88. The summed E-state index contributed by atoms with van der Waals surface area (Å²) in [6.45, 7) is 15.3. The van der Waals surface area contributed by atoms with Crippen molar-refractivity contribution in [1.29, 1.82) is 0 Å². The summed E-state index contributed by atoms with van der Waals surface area (Å²) in [5, 5.41) is 3.57. The Bertz CT molecular complexity index is 164. The van der Waals surface area contributed by atoms with Crippen LogP contribution in [0, 0.1) is 11.3 Å². The number of hydrogen-bond donors (Lipinski definition) is 1. The van der Waals surface area contributed by atoms with Crippen molar-refractivity contribution in [2.45, 2.75) is 60.3 Å². The Morgan fingerprint density at radius 3 is 2.24 bits per heavy atom. The zero-order valence-corrected chi connectivity index (χ0v) is 12.6. The molecule has 0 aromatic rings. The smallest absolute Gasteiger partial charge is 0.0488 e. The van der Waals surface area contributed by atoms with Gasteiger partial charge in [-0.2, -0.15) is 0 Å². The molecule has 104 valence electrons. The molecule has 0 aliphatic heterocycles. The molecule has 2 nitrogen and oxygen atoms in total. The first-order chi connectivity index (χ1) is 8.10. The highest BCUT2D eigenvalue weighted by atomic mass is 16.5. The zero-order chi connectivity index (χ0) is 13.1. The minimum Gasteiger partial charge on any atom is -0.381 e. The summed E-state index contributed by atoms with van der Waals surface area (Å²) >= 11 is 0.